The molecule has 1 aliphatic heterocycles. The zero-order chi connectivity index (χ0) is 18.9. The van der Waals surface area contributed by atoms with Crippen LogP contribution in [0.3, 0.4) is 0 Å². The van der Waals surface area contributed by atoms with Crippen molar-refractivity contribution in [1.29, 1.82) is 0 Å². The minimum atomic E-state index is -4.10. The van der Waals surface area contributed by atoms with Gasteiger partial charge in [-0.15, -0.1) is 0 Å². The highest BCUT2D eigenvalue weighted by Gasteiger charge is 2.39. The van der Waals surface area contributed by atoms with E-state index in [4.69, 9.17) is 4.74 Å². The van der Waals surface area contributed by atoms with Gasteiger partial charge in [-0.2, -0.15) is 4.31 Å². The summed E-state index contributed by atoms with van der Waals surface area (Å²) in [5.41, 5.74) is 0.123. The van der Waals surface area contributed by atoms with E-state index in [1.54, 1.807) is 0 Å². The Labute approximate surface area is 150 Å². The van der Waals surface area contributed by atoms with Gasteiger partial charge in [0, 0.05) is 6.54 Å². The molecule has 26 heavy (non-hydrogen) atoms. The van der Waals surface area contributed by atoms with Gasteiger partial charge >= 0.3 is 0 Å². The van der Waals surface area contributed by atoms with E-state index in [0.29, 0.717) is 18.4 Å². The first-order valence-corrected chi connectivity index (χ1v) is 9.38. The third-order valence-electron chi connectivity index (χ3n) is 4.41. The third kappa shape index (κ3) is 3.27. The highest BCUT2D eigenvalue weighted by molar-refractivity contribution is 7.89. The molecule has 0 aliphatic carbocycles. The maximum Gasteiger partial charge on any atom is 0.293 e. The Bertz CT molecular complexity index is 931. The van der Waals surface area contributed by atoms with Crippen LogP contribution in [0.4, 0.5) is 10.1 Å². The summed E-state index contributed by atoms with van der Waals surface area (Å²) < 4.78 is 45.6. The van der Waals surface area contributed by atoms with Crippen molar-refractivity contribution in [2.75, 3.05) is 13.7 Å². The number of nitrogens with zero attached hydrogens (tertiary/aromatic N) is 2. The molecule has 1 aliphatic rings. The lowest BCUT2D eigenvalue weighted by molar-refractivity contribution is -0.387. The summed E-state index contributed by atoms with van der Waals surface area (Å²) in [6, 6.07) is 8.79. The first kappa shape index (κ1) is 18.3. The molecule has 138 valence electrons. The van der Waals surface area contributed by atoms with Crippen LogP contribution in [0.5, 0.6) is 5.75 Å². The largest absolute Gasteiger partial charge is 0.497 e. The second-order valence-corrected chi connectivity index (χ2v) is 7.78. The number of sulfonamides is 1. The maximum atomic E-state index is 13.2. The molecule has 0 spiro atoms. The molecular weight excluding hydrogens is 363 g/mol. The van der Waals surface area contributed by atoms with Crippen molar-refractivity contribution in [2.24, 2.45) is 0 Å². The standard InChI is InChI=1S/C17H17FN2O5S/c1-25-14-8-9-17(16(11-14)20(21)22)26(23,24)19-10-2-3-15(19)12-4-6-13(18)7-5-12/h4-9,11,15H,2-3,10H2,1H3. The second kappa shape index (κ2) is 7.00. The van der Waals surface area contributed by atoms with E-state index in [0.717, 1.165) is 6.07 Å². The van der Waals surface area contributed by atoms with Crippen LogP contribution >= 0.6 is 0 Å². The Balaban J connectivity index is 2.04. The molecule has 0 amide bonds. The zero-order valence-corrected chi connectivity index (χ0v) is 14.8. The van der Waals surface area contributed by atoms with Crippen LogP contribution in [0.2, 0.25) is 0 Å². The predicted octanol–water partition coefficient (Wildman–Crippen LogP) is 3.27. The molecule has 1 fully saturated rings. The fraction of sp³-hybridized carbons (Fsp3) is 0.294. The van der Waals surface area contributed by atoms with E-state index >= 15 is 0 Å². The first-order valence-electron chi connectivity index (χ1n) is 7.94. The van der Waals surface area contributed by atoms with Gasteiger partial charge in [0.15, 0.2) is 4.90 Å². The number of halogens is 1. The zero-order valence-electron chi connectivity index (χ0n) is 14.0. The Morgan fingerprint density at radius 3 is 2.54 bits per heavy atom. The van der Waals surface area contributed by atoms with E-state index in [9.17, 15) is 22.9 Å². The number of benzene rings is 2. The molecule has 2 aromatic carbocycles. The van der Waals surface area contributed by atoms with Gasteiger partial charge in [-0.1, -0.05) is 12.1 Å². The summed E-state index contributed by atoms with van der Waals surface area (Å²) in [6.45, 7) is 0.244. The normalized spacial score (nSPS) is 18.0. The van der Waals surface area contributed by atoms with E-state index in [1.165, 1.54) is 47.8 Å². The van der Waals surface area contributed by atoms with Crippen LogP contribution in [-0.2, 0) is 10.0 Å². The summed E-state index contributed by atoms with van der Waals surface area (Å²) in [7, 11) is -2.76. The quantitative estimate of drug-likeness (QED) is 0.587. The number of ether oxygens (including phenoxy) is 1. The molecule has 0 N–H and O–H groups in total. The monoisotopic (exact) mass is 380 g/mol. The van der Waals surface area contributed by atoms with Crippen molar-refractivity contribution < 1.29 is 22.5 Å². The fourth-order valence-electron chi connectivity index (χ4n) is 3.16. The molecule has 1 heterocycles. The highest BCUT2D eigenvalue weighted by Crippen LogP contribution is 2.39. The van der Waals surface area contributed by atoms with Gasteiger partial charge in [-0.05, 0) is 42.7 Å². The van der Waals surface area contributed by atoms with Gasteiger partial charge in [0.1, 0.15) is 11.6 Å². The Kier molecular flexibility index (Phi) is 4.92. The van der Waals surface area contributed by atoms with Gasteiger partial charge in [0.05, 0.1) is 24.1 Å². The van der Waals surface area contributed by atoms with Crippen LogP contribution < -0.4 is 4.74 Å². The van der Waals surface area contributed by atoms with Crippen molar-refractivity contribution in [3.8, 4) is 5.75 Å². The van der Waals surface area contributed by atoms with E-state index in [-0.39, 0.29) is 17.2 Å². The van der Waals surface area contributed by atoms with Gasteiger partial charge in [0.25, 0.3) is 5.69 Å². The fourth-order valence-corrected chi connectivity index (χ4v) is 4.98. The molecule has 0 bridgehead atoms. The van der Waals surface area contributed by atoms with Crippen LogP contribution in [0.1, 0.15) is 24.4 Å². The molecule has 2 aromatic rings. The average molecular weight is 380 g/mol. The Hall–Kier alpha value is -2.52. The highest BCUT2D eigenvalue weighted by atomic mass is 32.2. The molecule has 7 nitrogen and oxygen atoms in total. The van der Waals surface area contributed by atoms with Crippen molar-refractivity contribution in [2.45, 2.75) is 23.8 Å². The molecular formula is C17H17FN2O5S. The van der Waals surface area contributed by atoms with Gasteiger partial charge in [-0.3, -0.25) is 10.1 Å². The van der Waals surface area contributed by atoms with E-state index < -0.39 is 32.5 Å². The molecule has 0 radical (unpaired) electrons. The molecule has 0 aromatic heterocycles. The van der Waals surface area contributed by atoms with Crippen LogP contribution in [0, 0.1) is 15.9 Å². The lowest BCUT2D eigenvalue weighted by atomic mass is 10.1. The Morgan fingerprint density at radius 2 is 1.92 bits per heavy atom. The summed E-state index contributed by atoms with van der Waals surface area (Å²) >= 11 is 0. The van der Waals surface area contributed by atoms with Crippen molar-refractivity contribution in [1.82, 2.24) is 4.31 Å². The smallest absolute Gasteiger partial charge is 0.293 e. The molecule has 9 heteroatoms. The molecule has 0 saturated carbocycles. The predicted molar refractivity (Wildman–Crippen MR) is 91.9 cm³/mol. The average Bonchev–Trinajstić information content (AvgIpc) is 3.12. The van der Waals surface area contributed by atoms with Gasteiger partial charge < -0.3 is 4.74 Å². The van der Waals surface area contributed by atoms with Crippen LogP contribution in [0.25, 0.3) is 0 Å². The minimum Gasteiger partial charge on any atom is -0.497 e. The summed E-state index contributed by atoms with van der Waals surface area (Å²) in [5.74, 6) is -0.209. The van der Waals surface area contributed by atoms with Crippen LogP contribution in [0.15, 0.2) is 47.4 Å². The number of methoxy groups -OCH3 is 1. The van der Waals surface area contributed by atoms with Gasteiger partial charge in [0.2, 0.25) is 10.0 Å². The summed E-state index contributed by atoms with van der Waals surface area (Å²) in [4.78, 5) is 10.3. The Morgan fingerprint density at radius 1 is 1.23 bits per heavy atom. The van der Waals surface area contributed by atoms with Crippen molar-refractivity contribution in [3.05, 3.63) is 64.0 Å². The summed E-state index contributed by atoms with van der Waals surface area (Å²) in [5, 5.41) is 11.4. The topological polar surface area (TPSA) is 89.8 Å². The number of nitro groups is 1. The minimum absolute atomic E-state index is 0.201. The van der Waals surface area contributed by atoms with Crippen LogP contribution in [-0.4, -0.2) is 31.3 Å². The lowest BCUT2D eigenvalue weighted by Crippen LogP contribution is -2.31. The second-order valence-electron chi connectivity index (χ2n) is 5.92. The molecule has 1 unspecified atom stereocenters. The number of hydrogen-bond donors (Lipinski definition) is 0. The van der Waals surface area contributed by atoms with Crippen molar-refractivity contribution >= 4 is 15.7 Å². The lowest BCUT2D eigenvalue weighted by Gasteiger charge is -2.24. The van der Waals surface area contributed by atoms with E-state index in [1.807, 2.05) is 0 Å². The summed E-state index contributed by atoms with van der Waals surface area (Å²) in [6.07, 6.45) is 1.18. The van der Waals surface area contributed by atoms with Gasteiger partial charge in [-0.25, -0.2) is 12.8 Å². The number of nitro benzene ring substituents is 1. The van der Waals surface area contributed by atoms with E-state index in [2.05, 4.69) is 0 Å². The maximum absolute atomic E-state index is 13.2. The SMILES string of the molecule is COc1ccc(S(=O)(=O)N2CCCC2c2ccc(F)cc2)c([N+](=O)[O-])c1. The van der Waals surface area contributed by atoms with Crippen molar-refractivity contribution in [3.63, 3.8) is 0 Å². The third-order valence-corrected chi connectivity index (χ3v) is 6.36. The number of hydrogen-bond acceptors (Lipinski definition) is 5. The first-order chi connectivity index (χ1) is 12.3. The molecule has 1 saturated heterocycles. The molecule has 1 atom stereocenters. The number of rotatable bonds is 5. The molecule has 3 rings (SSSR count).